The maximum atomic E-state index is 6.63. The normalized spacial score (nSPS) is 11.6. The molecule has 362 valence electrons. The van der Waals surface area contributed by atoms with Crippen molar-refractivity contribution in [1.29, 1.82) is 0 Å². The van der Waals surface area contributed by atoms with Crippen LogP contribution in [-0.2, 0) is 0 Å². The van der Waals surface area contributed by atoms with E-state index in [1.165, 1.54) is 0 Å². The van der Waals surface area contributed by atoms with Gasteiger partial charge in [0.2, 0.25) is 0 Å². The van der Waals surface area contributed by atoms with Gasteiger partial charge in [-0.2, -0.15) is 0 Å². The van der Waals surface area contributed by atoms with E-state index in [4.69, 9.17) is 348 Å². The summed E-state index contributed by atoms with van der Waals surface area (Å²) in [4.78, 5) is 0. The van der Waals surface area contributed by atoms with E-state index in [1.807, 2.05) is 0 Å². The van der Waals surface area contributed by atoms with E-state index in [9.17, 15) is 0 Å². The summed E-state index contributed by atoms with van der Waals surface area (Å²) in [6.45, 7) is 0. The summed E-state index contributed by atoms with van der Waals surface area (Å²) >= 11 is 185. The second-order valence-corrected chi connectivity index (χ2v) is 36.6. The first-order valence-electron chi connectivity index (χ1n) is 16.2. The fourth-order valence-corrected chi connectivity index (χ4v) is 38.9. The van der Waals surface area contributed by atoms with Crippen LogP contribution in [0.25, 0.3) is 0 Å². The first-order valence-corrected chi connectivity index (χ1v) is 36.1. The Morgan fingerprint density at radius 3 is 0.235 bits per heavy atom. The number of halogens is 30. The molecule has 2 radical (unpaired) electrons. The molecule has 0 N–H and O–H groups in total. The average molecular weight is 1730 g/mol. The molecule has 0 saturated carbocycles. The predicted octanol–water partition coefficient (Wildman–Crippen LogP) is 24.0. The van der Waals surface area contributed by atoms with Crippen molar-refractivity contribution in [3.63, 3.8) is 0 Å². The Balaban J connectivity index is 0.000000254. The summed E-state index contributed by atoms with van der Waals surface area (Å²) < 4.78 is 1.43. The summed E-state index contributed by atoms with van der Waals surface area (Å²) in [6, 6.07) is 0. The van der Waals surface area contributed by atoms with Gasteiger partial charge in [0.1, 0.15) is 0 Å². The van der Waals surface area contributed by atoms with E-state index in [1.54, 1.807) is 0 Å². The van der Waals surface area contributed by atoms with Crippen molar-refractivity contribution in [2.75, 3.05) is 0 Å². The zero-order valence-corrected chi connectivity index (χ0v) is 58.7. The molecular weight excluding hydrogens is 1730 g/mol. The minimum atomic E-state index is -4.08. The number of hydrogen-bond donors (Lipinski definition) is 0. The van der Waals surface area contributed by atoms with Crippen molar-refractivity contribution in [2.45, 2.75) is 0 Å². The van der Waals surface area contributed by atoms with Crippen molar-refractivity contribution in [2.24, 2.45) is 0 Å². The molecule has 0 unspecified atom stereocenters. The van der Waals surface area contributed by atoms with Crippen molar-refractivity contribution in [1.82, 2.24) is 0 Å². The summed E-state index contributed by atoms with van der Waals surface area (Å²) in [7, 11) is 0. The molecule has 0 saturated heterocycles. The van der Waals surface area contributed by atoms with Crippen LogP contribution in [0.3, 0.4) is 0 Å². The van der Waals surface area contributed by atoms with Gasteiger partial charge in [-0.1, -0.05) is 0 Å². The molecule has 0 aliphatic carbocycles. The predicted molar refractivity (Wildman–Crippen MR) is 318 cm³/mol. The van der Waals surface area contributed by atoms with Crippen LogP contribution in [0.2, 0.25) is 151 Å². The van der Waals surface area contributed by atoms with E-state index in [-0.39, 0.29) is 172 Å². The third kappa shape index (κ3) is 11.8. The van der Waals surface area contributed by atoms with E-state index in [0.29, 0.717) is 0 Å². The van der Waals surface area contributed by atoms with Gasteiger partial charge in [-0.3, -0.25) is 0 Å². The Morgan fingerprint density at radius 1 is 0.103 bits per heavy atom. The molecule has 0 heterocycles. The van der Waals surface area contributed by atoms with E-state index >= 15 is 0 Å². The fourth-order valence-electron chi connectivity index (χ4n) is 5.70. The first kappa shape index (κ1) is 64.4. The molecule has 32 heteroatoms. The van der Waals surface area contributed by atoms with Crippen molar-refractivity contribution >= 4 is 409 Å². The summed E-state index contributed by atoms with van der Waals surface area (Å²) in [5, 5.41) is -1.91. The third-order valence-electron chi connectivity index (χ3n) is 8.76. The Labute approximate surface area is 550 Å². The molecule has 6 aromatic carbocycles. The van der Waals surface area contributed by atoms with Gasteiger partial charge in [-0.25, -0.2) is 0 Å². The van der Waals surface area contributed by atoms with Crippen molar-refractivity contribution in [3.05, 3.63) is 151 Å². The zero-order valence-electron chi connectivity index (χ0n) is 30.3. The summed E-state index contributed by atoms with van der Waals surface area (Å²) in [6.07, 6.45) is 0. The number of hydrogen-bond acceptors (Lipinski definition) is 0. The molecule has 0 aliphatic heterocycles. The van der Waals surface area contributed by atoms with Crippen LogP contribution < -0.4 is 21.5 Å². The van der Waals surface area contributed by atoms with Crippen LogP contribution >= 0.6 is 348 Å². The fraction of sp³-hybridized carbons (Fsp3) is 0. The second kappa shape index (κ2) is 26.0. The molecule has 0 bridgehead atoms. The van der Waals surface area contributed by atoms with Crippen LogP contribution in [0.5, 0.6) is 0 Å². The van der Waals surface area contributed by atoms with Gasteiger partial charge in [0, 0.05) is 0 Å². The maximum absolute atomic E-state index is 6.63. The van der Waals surface area contributed by atoms with Gasteiger partial charge in [0.15, 0.2) is 0 Å². The van der Waals surface area contributed by atoms with Crippen molar-refractivity contribution in [3.8, 4) is 0 Å². The molecule has 0 aromatic heterocycles. The molecule has 6 aromatic rings. The Hall–Kier alpha value is 5.62. The Bertz CT molecular complexity index is 2440. The van der Waals surface area contributed by atoms with E-state index in [0.717, 1.165) is 0 Å². The molecule has 0 aliphatic rings. The molecule has 68 heavy (non-hydrogen) atoms. The SMILES string of the molecule is Clc1c(Cl)c(Cl)[c]([Sn]([c]2c(Cl)c(Cl)c(Cl)c(Cl)c2Cl)[c]2c(Cl)c(Cl)c(Cl)c(Cl)c2Cl)c(Cl)c1Cl.Clc1c(Cl)c(Cl)[c]([Sn]([c]2c(Cl)c(Cl)c(Cl)c(Cl)c2Cl)[c]2c(Cl)c(Cl)c(Cl)c(Cl)c2Cl)c(Cl)c1Cl. The minimum absolute atomic E-state index is 0.0425. The topological polar surface area (TPSA) is 0 Å². The van der Waals surface area contributed by atoms with Crippen LogP contribution in [-0.4, -0.2) is 39.5 Å². The van der Waals surface area contributed by atoms with E-state index in [2.05, 4.69) is 0 Å². The quantitative estimate of drug-likeness (QED) is 0.0886. The van der Waals surface area contributed by atoms with E-state index < -0.39 is 39.5 Å². The van der Waals surface area contributed by atoms with Crippen LogP contribution in [0.1, 0.15) is 0 Å². The van der Waals surface area contributed by atoms with Gasteiger partial charge in [0.25, 0.3) is 0 Å². The molecule has 0 amide bonds. The Morgan fingerprint density at radius 2 is 0.162 bits per heavy atom. The molecule has 0 fully saturated rings. The van der Waals surface area contributed by atoms with Gasteiger partial charge in [-0.05, 0) is 0 Å². The Kier molecular flexibility index (Phi) is 24.7. The van der Waals surface area contributed by atoms with Crippen LogP contribution in [0.15, 0.2) is 0 Å². The van der Waals surface area contributed by atoms with Gasteiger partial charge < -0.3 is 0 Å². The number of benzene rings is 6. The van der Waals surface area contributed by atoms with Crippen molar-refractivity contribution < 1.29 is 0 Å². The average Bonchev–Trinajstić information content (AvgIpc) is 3.31. The summed E-state index contributed by atoms with van der Waals surface area (Å²) in [5.74, 6) is 0. The second-order valence-electron chi connectivity index (χ2n) is 12.4. The molecule has 6 rings (SSSR count). The monoisotopic (exact) mass is 1720 g/mol. The number of rotatable bonds is 6. The van der Waals surface area contributed by atoms with Crippen LogP contribution in [0.4, 0.5) is 0 Å². The van der Waals surface area contributed by atoms with Gasteiger partial charge in [-0.15, -0.1) is 0 Å². The van der Waals surface area contributed by atoms with Gasteiger partial charge in [0.05, 0.1) is 0 Å². The molecule has 0 atom stereocenters. The van der Waals surface area contributed by atoms with Crippen LogP contribution in [0, 0.1) is 0 Å². The molecule has 0 spiro atoms. The summed E-state index contributed by atoms with van der Waals surface area (Å²) in [5.41, 5.74) is 0. The third-order valence-corrected chi connectivity index (χ3v) is 45.0. The molecular formula is C36Cl30Sn2. The van der Waals surface area contributed by atoms with Gasteiger partial charge >= 0.3 is 560 Å². The molecule has 0 nitrogen and oxygen atoms in total. The zero-order chi connectivity index (χ0) is 51.9. The first-order chi connectivity index (χ1) is 31.3. The standard InChI is InChI=1S/6C6Cl5.2Sn/c6*7-2-1-3(8)5(10)6(11)4(2)9;;.